The Labute approximate surface area is 117 Å². The minimum absolute atomic E-state index is 0.0935. The van der Waals surface area contributed by atoms with Gasteiger partial charge in [-0.15, -0.1) is 0 Å². The van der Waals surface area contributed by atoms with Gasteiger partial charge in [-0.05, 0) is 45.9 Å². The van der Waals surface area contributed by atoms with E-state index >= 15 is 0 Å². The number of carbonyl (C=O) groups is 1. The SMILES string of the molecule is CC(C)N(C(=O)c1ccc(Br)cc1C#N)C(C)C. The first kappa shape index (κ1) is 14.7. The third-order valence-corrected chi connectivity index (χ3v) is 3.17. The molecule has 0 unspecified atom stereocenters. The maximum Gasteiger partial charge on any atom is 0.255 e. The molecule has 1 amide bonds. The molecule has 0 heterocycles. The summed E-state index contributed by atoms with van der Waals surface area (Å²) < 4.78 is 0.802. The van der Waals surface area contributed by atoms with Crippen molar-refractivity contribution in [1.29, 1.82) is 5.26 Å². The molecule has 0 atom stereocenters. The molecule has 1 rings (SSSR count). The van der Waals surface area contributed by atoms with Crippen molar-refractivity contribution in [2.45, 2.75) is 39.8 Å². The molecule has 0 fully saturated rings. The van der Waals surface area contributed by atoms with Gasteiger partial charge in [0.2, 0.25) is 0 Å². The predicted octanol–water partition coefficient (Wildman–Crippen LogP) is 3.58. The minimum Gasteiger partial charge on any atom is -0.334 e. The zero-order valence-corrected chi connectivity index (χ0v) is 12.7. The topological polar surface area (TPSA) is 44.1 Å². The van der Waals surface area contributed by atoms with Crippen LogP contribution in [0, 0.1) is 11.3 Å². The molecular weight excluding hydrogens is 292 g/mol. The van der Waals surface area contributed by atoms with Crippen LogP contribution in [0.15, 0.2) is 22.7 Å². The first-order valence-corrected chi connectivity index (χ1v) is 6.70. The molecule has 0 aliphatic rings. The van der Waals surface area contributed by atoms with Crippen LogP contribution in [0.4, 0.5) is 0 Å². The molecule has 0 bridgehead atoms. The van der Waals surface area contributed by atoms with E-state index in [2.05, 4.69) is 22.0 Å². The molecule has 0 aromatic heterocycles. The maximum absolute atomic E-state index is 12.5. The lowest BCUT2D eigenvalue weighted by molar-refractivity contribution is 0.0643. The Morgan fingerprint density at radius 2 is 1.83 bits per heavy atom. The van der Waals surface area contributed by atoms with Crippen molar-refractivity contribution in [2.75, 3.05) is 0 Å². The van der Waals surface area contributed by atoms with Crippen molar-refractivity contribution < 1.29 is 4.79 Å². The molecule has 0 aliphatic carbocycles. The van der Waals surface area contributed by atoms with Crippen molar-refractivity contribution in [3.8, 4) is 6.07 Å². The average Bonchev–Trinajstić information content (AvgIpc) is 2.27. The number of nitrogens with zero attached hydrogens (tertiary/aromatic N) is 2. The maximum atomic E-state index is 12.5. The minimum atomic E-state index is -0.0935. The van der Waals surface area contributed by atoms with Crippen LogP contribution in [0.2, 0.25) is 0 Å². The largest absolute Gasteiger partial charge is 0.334 e. The quantitative estimate of drug-likeness (QED) is 0.856. The van der Waals surface area contributed by atoms with Crippen LogP contribution in [0.5, 0.6) is 0 Å². The van der Waals surface area contributed by atoms with Gasteiger partial charge in [0.15, 0.2) is 0 Å². The highest BCUT2D eigenvalue weighted by molar-refractivity contribution is 9.10. The summed E-state index contributed by atoms with van der Waals surface area (Å²) >= 11 is 3.31. The van der Waals surface area contributed by atoms with Gasteiger partial charge in [-0.25, -0.2) is 0 Å². The molecule has 0 aliphatic heterocycles. The van der Waals surface area contributed by atoms with Crippen LogP contribution in [0.25, 0.3) is 0 Å². The normalized spacial score (nSPS) is 10.6. The van der Waals surface area contributed by atoms with Gasteiger partial charge in [0.1, 0.15) is 0 Å². The van der Waals surface area contributed by atoms with Crippen LogP contribution in [-0.4, -0.2) is 22.9 Å². The number of halogens is 1. The van der Waals surface area contributed by atoms with Gasteiger partial charge >= 0.3 is 0 Å². The molecule has 1 aromatic rings. The summed E-state index contributed by atoms with van der Waals surface area (Å²) in [5, 5.41) is 9.11. The fourth-order valence-electron chi connectivity index (χ4n) is 2.00. The van der Waals surface area contributed by atoms with Gasteiger partial charge in [-0.2, -0.15) is 5.26 Å². The van der Waals surface area contributed by atoms with Crippen LogP contribution in [0.1, 0.15) is 43.6 Å². The number of hydrogen-bond donors (Lipinski definition) is 0. The molecule has 1 aromatic carbocycles. The fourth-order valence-corrected chi connectivity index (χ4v) is 2.36. The molecule has 4 heteroatoms. The number of carbonyl (C=O) groups excluding carboxylic acids is 1. The Kier molecular flexibility index (Phi) is 4.92. The number of amides is 1. The summed E-state index contributed by atoms with van der Waals surface area (Å²) in [4.78, 5) is 14.3. The van der Waals surface area contributed by atoms with Gasteiger partial charge in [-0.1, -0.05) is 15.9 Å². The van der Waals surface area contributed by atoms with E-state index in [4.69, 9.17) is 5.26 Å². The highest BCUT2D eigenvalue weighted by atomic mass is 79.9. The van der Waals surface area contributed by atoms with Crippen LogP contribution in [0.3, 0.4) is 0 Å². The van der Waals surface area contributed by atoms with Crippen LogP contribution < -0.4 is 0 Å². The average molecular weight is 309 g/mol. The molecule has 0 spiro atoms. The number of hydrogen-bond acceptors (Lipinski definition) is 2. The van der Waals surface area contributed by atoms with Crippen molar-refractivity contribution in [1.82, 2.24) is 4.90 Å². The van der Waals surface area contributed by atoms with Gasteiger partial charge in [0, 0.05) is 16.6 Å². The predicted molar refractivity (Wildman–Crippen MR) is 75.3 cm³/mol. The third kappa shape index (κ3) is 3.11. The Hall–Kier alpha value is -1.34. The summed E-state index contributed by atoms with van der Waals surface area (Å²) in [6.07, 6.45) is 0. The van der Waals surface area contributed by atoms with E-state index in [9.17, 15) is 4.79 Å². The van der Waals surface area contributed by atoms with Gasteiger partial charge < -0.3 is 4.90 Å². The van der Waals surface area contributed by atoms with Crippen molar-refractivity contribution >= 4 is 21.8 Å². The zero-order valence-electron chi connectivity index (χ0n) is 11.1. The highest BCUT2D eigenvalue weighted by Gasteiger charge is 2.23. The first-order chi connectivity index (χ1) is 8.38. The molecule has 0 N–H and O–H groups in total. The lowest BCUT2D eigenvalue weighted by atomic mass is 10.1. The number of nitriles is 1. The smallest absolute Gasteiger partial charge is 0.255 e. The van der Waals surface area contributed by atoms with Gasteiger partial charge in [0.25, 0.3) is 5.91 Å². The molecule has 0 radical (unpaired) electrons. The Morgan fingerprint density at radius 1 is 1.28 bits per heavy atom. The number of rotatable bonds is 3. The Bertz CT molecular complexity index is 481. The molecule has 0 saturated carbocycles. The van der Waals surface area contributed by atoms with Crippen LogP contribution >= 0.6 is 15.9 Å². The monoisotopic (exact) mass is 308 g/mol. The lowest BCUT2D eigenvalue weighted by Gasteiger charge is -2.31. The summed E-state index contributed by atoms with van der Waals surface area (Å²) in [5.41, 5.74) is 0.865. The second kappa shape index (κ2) is 6.01. The van der Waals surface area contributed by atoms with Crippen molar-refractivity contribution in [3.05, 3.63) is 33.8 Å². The molecule has 18 heavy (non-hydrogen) atoms. The Morgan fingerprint density at radius 3 is 2.28 bits per heavy atom. The van der Waals surface area contributed by atoms with E-state index in [0.29, 0.717) is 11.1 Å². The van der Waals surface area contributed by atoms with Gasteiger partial charge in [-0.3, -0.25) is 4.79 Å². The van der Waals surface area contributed by atoms with E-state index in [-0.39, 0.29) is 18.0 Å². The zero-order chi connectivity index (χ0) is 13.9. The number of benzene rings is 1. The summed E-state index contributed by atoms with van der Waals surface area (Å²) in [7, 11) is 0. The lowest BCUT2D eigenvalue weighted by Crippen LogP contribution is -2.42. The standard InChI is InChI=1S/C14H17BrN2O/c1-9(2)17(10(3)4)14(18)13-6-5-12(15)7-11(13)8-16/h5-7,9-10H,1-4H3. The molecule has 3 nitrogen and oxygen atoms in total. The Balaban J connectivity index is 3.22. The summed E-state index contributed by atoms with van der Waals surface area (Å²) in [5.74, 6) is -0.0935. The second-order valence-electron chi connectivity index (χ2n) is 4.70. The molecule has 0 saturated heterocycles. The van der Waals surface area contributed by atoms with Crippen LogP contribution in [-0.2, 0) is 0 Å². The van der Waals surface area contributed by atoms with Crippen molar-refractivity contribution in [2.24, 2.45) is 0 Å². The third-order valence-electron chi connectivity index (χ3n) is 2.68. The summed E-state index contributed by atoms with van der Waals surface area (Å²) in [6.45, 7) is 7.90. The van der Waals surface area contributed by atoms with E-state index < -0.39 is 0 Å². The highest BCUT2D eigenvalue weighted by Crippen LogP contribution is 2.19. The van der Waals surface area contributed by atoms with E-state index in [0.717, 1.165) is 4.47 Å². The molecule has 96 valence electrons. The second-order valence-corrected chi connectivity index (χ2v) is 5.62. The van der Waals surface area contributed by atoms with E-state index in [1.165, 1.54) is 0 Å². The molecular formula is C14H17BrN2O. The van der Waals surface area contributed by atoms with Crippen molar-refractivity contribution in [3.63, 3.8) is 0 Å². The van der Waals surface area contributed by atoms with Gasteiger partial charge in [0.05, 0.1) is 17.2 Å². The van der Waals surface area contributed by atoms with E-state index in [1.807, 2.05) is 27.7 Å². The first-order valence-electron chi connectivity index (χ1n) is 5.90. The van der Waals surface area contributed by atoms with E-state index in [1.54, 1.807) is 23.1 Å². The fraction of sp³-hybridized carbons (Fsp3) is 0.429. The summed E-state index contributed by atoms with van der Waals surface area (Å²) in [6, 6.07) is 7.44.